The van der Waals surface area contributed by atoms with Crippen LogP contribution in [0, 0.1) is 11.6 Å². The van der Waals surface area contributed by atoms with E-state index in [-0.39, 0.29) is 46.4 Å². The van der Waals surface area contributed by atoms with Gasteiger partial charge in [-0.3, -0.25) is 9.10 Å². The number of nitrogens with one attached hydrogen (secondary N) is 1. The standard InChI is InChI=1S/C23H19ClF2N2O5S/c1-28-19-11-15(17(25)12-18(19)26)14-5-3-4-6-20(14)33-8-7-27-23(29)13-9-16(24)22(32-2)21(10-13)34(28,30)31/h3-6,9-12H,7-8H2,1-2H3,(H,27,29). The minimum Gasteiger partial charge on any atom is -0.494 e. The number of fused-ring (bicyclic) bond motifs is 6. The summed E-state index contributed by atoms with van der Waals surface area (Å²) in [5, 5.41) is 2.49. The summed E-state index contributed by atoms with van der Waals surface area (Å²) in [6, 6.07) is 10.5. The number of methoxy groups -OCH3 is 1. The molecule has 3 aromatic carbocycles. The maximum Gasteiger partial charge on any atom is 0.267 e. The molecule has 0 unspecified atom stereocenters. The van der Waals surface area contributed by atoms with E-state index in [1.165, 1.54) is 13.2 Å². The van der Waals surface area contributed by atoms with Gasteiger partial charge in [0.1, 0.15) is 28.9 Å². The van der Waals surface area contributed by atoms with Crippen LogP contribution in [-0.4, -0.2) is 41.6 Å². The molecule has 1 amide bonds. The second kappa shape index (κ2) is 9.11. The Morgan fingerprint density at radius 2 is 1.82 bits per heavy atom. The first-order valence-corrected chi connectivity index (χ1v) is 11.8. The van der Waals surface area contributed by atoms with Crippen LogP contribution in [0.2, 0.25) is 5.02 Å². The first-order valence-electron chi connectivity index (χ1n) is 10.0. The van der Waals surface area contributed by atoms with Gasteiger partial charge in [-0.15, -0.1) is 0 Å². The van der Waals surface area contributed by atoms with Gasteiger partial charge < -0.3 is 14.8 Å². The minimum atomic E-state index is -4.51. The van der Waals surface area contributed by atoms with Gasteiger partial charge in [-0.2, -0.15) is 0 Å². The lowest BCUT2D eigenvalue weighted by atomic mass is 10.0. The maximum atomic E-state index is 14.9. The number of ether oxygens (including phenoxy) is 2. The number of anilines is 1. The molecule has 1 heterocycles. The molecule has 11 heteroatoms. The van der Waals surface area contributed by atoms with Crippen LogP contribution in [0.1, 0.15) is 10.4 Å². The molecule has 178 valence electrons. The van der Waals surface area contributed by atoms with Crippen molar-refractivity contribution in [3.05, 3.63) is 70.8 Å². The predicted octanol–water partition coefficient (Wildman–Crippen LogP) is 4.24. The quantitative estimate of drug-likeness (QED) is 0.531. The zero-order valence-corrected chi connectivity index (χ0v) is 19.6. The number of sulfonamides is 1. The lowest BCUT2D eigenvalue weighted by Crippen LogP contribution is -2.30. The molecule has 3 aromatic rings. The second-order valence-corrected chi connectivity index (χ2v) is 9.69. The van der Waals surface area contributed by atoms with E-state index in [2.05, 4.69) is 5.32 Å². The fourth-order valence-electron chi connectivity index (χ4n) is 3.59. The normalized spacial score (nSPS) is 15.3. The van der Waals surface area contributed by atoms with Crippen molar-refractivity contribution in [2.24, 2.45) is 0 Å². The van der Waals surface area contributed by atoms with Gasteiger partial charge in [-0.05, 0) is 24.3 Å². The van der Waals surface area contributed by atoms with Crippen LogP contribution >= 0.6 is 11.6 Å². The van der Waals surface area contributed by atoms with Crippen LogP contribution in [0.15, 0.2) is 53.4 Å². The molecular weight excluding hydrogens is 490 g/mol. The fourth-order valence-corrected chi connectivity index (χ4v) is 5.34. The summed E-state index contributed by atoms with van der Waals surface area (Å²) < 4.78 is 68.3. The number of halogens is 3. The first-order chi connectivity index (χ1) is 16.1. The number of amides is 1. The van der Waals surface area contributed by atoms with E-state index in [1.807, 2.05) is 0 Å². The van der Waals surface area contributed by atoms with Gasteiger partial charge in [-0.1, -0.05) is 29.8 Å². The Morgan fingerprint density at radius 1 is 1.09 bits per heavy atom. The summed E-state index contributed by atoms with van der Waals surface area (Å²) in [4.78, 5) is 12.2. The zero-order valence-electron chi connectivity index (χ0n) is 18.1. The average molecular weight is 509 g/mol. The van der Waals surface area contributed by atoms with E-state index >= 15 is 0 Å². The smallest absolute Gasteiger partial charge is 0.267 e. The molecule has 7 nitrogen and oxygen atoms in total. The maximum absolute atomic E-state index is 14.9. The van der Waals surface area contributed by atoms with Gasteiger partial charge in [0.15, 0.2) is 5.75 Å². The summed E-state index contributed by atoms with van der Waals surface area (Å²) in [6.07, 6.45) is 0. The number of hydrogen-bond acceptors (Lipinski definition) is 5. The molecular formula is C23H19ClF2N2O5S. The largest absolute Gasteiger partial charge is 0.494 e. The van der Waals surface area contributed by atoms with Crippen LogP contribution in [0.4, 0.5) is 14.5 Å². The number of rotatable bonds is 1. The number of hydrogen-bond donors (Lipinski definition) is 1. The second-order valence-electron chi connectivity index (χ2n) is 7.35. The molecule has 0 saturated heterocycles. The molecule has 0 spiro atoms. The van der Waals surface area contributed by atoms with Crippen molar-refractivity contribution in [1.29, 1.82) is 0 Å². The third-order valence-corrected chi connectivity index (χ3v) is 7.37. The van der Waals surface area contributed by atoms with Gasteiger partial charge in [-0.25, -0.2) is 17.2 Å². The van der Waals surface area contributed by atoms with Crippen LogP contribution in [-0.2, 0) is 10.0 Å². The van der Waals surface area contributed by atoms with Crippen molar-refractivity contribution in [1.82, 2.24) is 5.32 Å². The van der Waals surface area contributed by atoms with Gasteiger partial charge in [0.2, 0.25) is 0 Å². The molecule has 4 rings (SSSR count). The van der Waals surface area contributed by atoms with Gasteiger partial charge in [0, 0.05) is 29.8 Å². The van der Waals surface area contributed by atoms with E-state index in [1.54, 1.807) is 24.3 Å². The summed E-state index contributed by atoms with van der Waals surface area (Å²) in [6.45, 7) is 0.101. The molecule has 4 bridgehead atoms. The third kappa shape index (κ3) is 4.14. The zero-order chi connectivity index (χ0) is 24.6. The van der Waals surface area contributed by atoms with Gasteiger partial charge in [0.05, 0.1) is 24.4 Å². The molecule has 1 aliphatic heterocycles. The Bertz CT molecular complexity index is 1400. The molecule has 0 saturated carbocycles. The average Bonchev–Trinajstić information content (AvgIpc) is 2.80. The molecule has 0 aliphatic carbocycles. The molecule has 1 aliphatic rings. The minimum absolute atomic E-state index is 0.0351. The summed E-state index contributed by atoms with van der Waals surface area (Å²) in [5.41, 5.74) is -0.247. The van der Waals surface area contributed by atoms with E-state index in [9.17, 15) is 22.0 Å². The highest BCUT2D eigenvalue weighted by Gasteiger charge is 2.31. The van der Waals surface area contributed by atoms with Crippen molar-refractivity contribution in [3.8, 4) is 22.6 Å². The predicted molar refractivity (Wildman–Crippen MR) is 123 cm³/mol. The SMILES string of the molecule is COc1c(Cl)cc2cc1S(=O)(=O)N(C)c1cc(c(F)cc1F)-c1ccccc1OCCNC2=O. The van der Waals surface area contributed by atoms with E-state index in [4.69, 9.17) is 21.1 Å². The van der Waals surface area contributed by atoms with Crippen molar-refractivity contribution >= 4 is 33.2 Å². The van der Waals surface area contributed by atoms with Crippen molar-refractivity contribution in [3.63, 3.8) is 0 Å². The van der Waals surface area contributed by atoms with Crippen LogP contribution < -0.4 is 19.1 Å². The Balaban J connectivity index is 2.00. The summed E-state index contributed by atoms with van der Waals surface area (Å²) in [5.74, 6) is -2.55. The highest BCUT2D eigenvalue weighted by Crippen LogP contribution is 2.39. The topological polar surface area (TPSA) is 84.9 Å². The fraction of sp³-hybridized carbons (Fsp3) is 0.174. The van der Waals surface area contributed by atoms with Gasteiger partial charge >= 0.3 is 0 Å². The molecule has 1 N–H and O–H groups in total. The van der Waals surface area contributed by atoms with E-state index < -0.39 is 38.1 Å². The monoisotopic (exact) mass is 508 g/mol. The lowest BCUT2D eigenvalue weighted by Gasteiger charge is -2.23. The van der Waals surface area contributed by atoms with E-state index in [0.29, 0.717) is 10.4 Å². The van der Waals surface area contributed by atoms with E-state index in [0.717, 1.165) is 19.2 Å². The number of carbonyl (C=O) groups excluding carboxylic acids is 1. The number of benzene rings is 3. The van der Waals surface area contributed by atoms with Crippen molar-refractivity contribution in [2.45, 2.75) is 4.90 Å². The van der Waals surface area contributed by atoms with Crippen LogP contribution in [0.5, 0.6) is 11.5 Å². The molecule has 0 fully saturated rings. The Kier molecular flexibility index (Phi) is 6.37. The number of carbonyl (C=O) groups is 1. The van der Waals surface area contributed by atoms with Crippen molar-refractivity contribution in [2.75, 3.05) is 31.6 Å². The third-order valence-electron chi connectivity index (χ3n) is 5.31. The molecule has 0 atom stereocenters. The van der Waals surface area contributed by atoms with Crippen LogP contribution in [0.3, 0.4) is 0 Å². The highest BCUT2D eigenvalue weighted by atomic mass is 35.5. The Hall–Kier alpha value is -3.37. The number of nitrogens with zero attached hydrogens (tertiary/aromatic N) is 1. The highest BCUT2D eigenvalue weighted by molar-refractivity contribution is 7.93. The Labute approximate surface area is 199 Å². The first kappa shape index (κ1) is 23.8. The Morgan fingerprint density at radius 3 is 2.56 bits per heavy atom. The van der Waals surface area contributed by atoms with Crippen LogP contribution in [0.25, 0.3) is 11.1 Å². The molecule has 0 radical (unpaired) electrons. The summed E-state index contributed by atoms with van der Waals surface area (Å²) in [7, 11) is -2.18. The number of para-hydroxylation sites is 1. The molecule has 34 heavy (non-hydrogen) atoms. The van der Waals surface area contributed by atoms with Gasteiger partial charge in [0.25, 0.3) is 15.9 Å². The summed E-state index contributed by atoms with van der Waals surface area (Å²) >= 11 is 6.21. The molecule has 0 aromatic heterocycles. The lowest BCUT2D eigenvalue weighted by molar-refractivity contribution is 0.0946. The van der Waals surface area contributed by atoms with Crippen molar-refractivity contribution < 1.29 is 31.5 Å².